The zero-order valence-electron chi connectivity index (χ0n) is 17.4. The van der Waals surface area contributed by atoms with Crippen molar-refractivity contribution in [1.82, 2.24) is 20.4 Å². The fourth-order valence-corrected chi connectivity index (χ4v) is 2.96. The highest BCUT2D eigenvalue weighted by Gasteiger charge is 2.21. The Bertz CT molecular complexity index is 581. The first-order valence-corrected chi connectivity index (χ1v) is 10.1. The molecule has 0 saturated carbocycles. The molecule has 1 aromatic heterocycles. The van der Waals surface area contributed by atoms with Gasteiger partial charge < -0.3 is 24.7 Å². The van der Waals surface area contributed by atoms with Crippen LogP contribution in [0.25, 0.3) is 0 Å². The van der Waals surface area contributed by atoms with Crippen LogP contribution in [0.3, 0.4) is 0 Å². The number of carbonyl (C=O) groups excluding carboxylic acids is 1. The highest BCUT2D eigenvalue weighted by Crippen LogP contribution is 2.04. The van der Waals surface area contributed by atoms with Crippen molar-refractivity contribution >= 4 is 11.9 Å². The van der Waals surface area contributed by atoms with Crippen LogP contribution in [0.5, 0.6) is 0 Å². The van der Waals surface area contributed by atoms with Crippen molar-refractivity contribution in [2.45, 2.75) is 20.3 Å². The Labute approximate surface area is 168 Å². The molecule has 2 rings (SSSR count). The molecular weight excluding hydrogens is 358 g/mol. The maximum Gasteiger partial charge on any atom is 0.234 e. The molecule has 0 aromatic carbocycles. The van der Waals surface area contributed by atoms with Crippen LogP contribution < -0.4 is 10.6 Å². The number of furan rings is 1. The molecule has 0 radical (unpaired) electrons. The molecule has 1 aromatic rings. The third-order valence-corrected chi connectivity index (χ3v) is 4.51. The predicted octanol–water partition coefficient (Wildman–Crippen LogP) is 0.804. The monoisotopic (exact) mass is 393 g/mol. The number of aliphatic imine (C=N–C) groups is 1. The number of carbonyl (C=O) groups is 1. The minimum atomic E-state index is 0.0516. The summed E-state index contributed by atoms with van der Waals surface area (Å²) in [6.45, 7) is 10.9. The second-order valence-corrected chi connectivity index (χ2v) is 7.42. The fourth-order valence-electron chi connectivity index (χ4n) is 2.96. The summed E-state index contributed by atoms with van der Waals surface area (Å²) in [6.07, 6.45) is 2.53. The molecule has 1 aliphatic rings. The van der Waals surface area contributed by atoms with Crippen molar-refractivity contribution in [3.8, 4) is 0 Å². The lowest BCUT2D eigenvalue weighted by atomic mass is 10.2. The average molecular weight is 394 g/mol. The molecule has 8 nitrogen and oxygen atoms in total. The summed E-state index contributed by atoms with van der Waals surface area (Å²) in [5.41, 5.74) is 0. The number of nitrogens with zero attached hydrogens (tertiary/aromatic N) is 3. The number of hydrogen-bond acceptors (Lipinski definition) is 5. The Balaban J connectivity index is 1.78. The quantitative estimate of drug-likeness (QED) is 0.348. The van der Waals surface area contributed by atoms with Gasteiger partial charge in [-0.3, -0.25) is 14.7 Å². The number of guanidine groups is 1. The van der Waals surface area contributed by atoms with Gasteiger partial charge in [0.2, 0.25) is 5.91 Å². The van der Waals surface area contributed by atoms with Crippen LogP contribution in [0, 0.1) is 5.92 Å². The first kappa shape index (κ1) is 22.2. The summed E-state index contributed by atoms with van der Waals surface area (Å²) < 4.78 is 10.4. The van der Waals surface area contributed by atoms with Gasteiger partial charge in [-0.2, -0.15) is 0 Å². The van der Waals surface area contributed by atoms with Crippen molar-refractivity contribution in [3.05, 3.63) is 24.2 Å². The molecule has 0 unspecified atom stereocenters. The van der Waals surface area contributed by atoms with E-state index in [0.717, 1.165) is 57.4 Å². The van der Waals surface area contributed by atoms with Gasteiger partial charge in [-0.05, 0) is 18.1 Å². The first-order valence-electron chi connectivity index (χ1n) is 10.1. The molecule has 1 aliphatic heterocycles. The van der Waals surface area contributed by atoms with E-state index >= 15 is 0 Å². The molecule has 2 heterocycles. The SMILES string of the molecule is COCCNC(=O)CN1CCN(C(=NCC(C)C)NCCc2ccco2)CC1. The maximum atomic E-state index is 12.0. The zero-order chi connectivity index (χ0) is 20.2. The number of ether oxygens (including phenoxy) is 1. The largest absolute Gasteiger partial charge is 0.469 e. The van der Waals surface area contributed by atoms with Crippen LogP contribution in [0.1, 0.15) is 19.6 Å². The lowest BCUT2D eigenvalue weighted by molar-refractivity contribution is -0.122. The fraction of sp³-hybridized carbons (Fsp3) is 0.700. The lowest BCUT2D eigenvalue weighted by Crippen LogP contribution is -2.54. The van der Waals surface area contributed by atoms with Crippen LogP contribution >= 0.6 is 0 Å². The summed E-state index contributed by atoms with van der Waals surface area (Å²) in [5.74, 6) is 2.49. The van der Waals surface area contributed by atoms with Gasteiger partial charge in [0.25, 0.3) is 0 Å². The number of nitrogens with one attached hydrogen (secondary N) is 2. The summed E-state index contributed by atoms with van der Waals surface area (Å²) in [4.78, 5) is 21.2. The molecule has 0 aliphatic carbocycles. The third kappa shape index (κ3) is 8.31. The molecule has 2 N–H and O–H groups in total. The van der Waals surface area contributed by atoms with E-state index in [0.29, 0.717) is 25.6 Å². The second-order valence-electron chi connectivity index (χ2n) is 7.42. The van der Waals surface area contributed by atoms with Crippen molar-refractivity contribution in [3.63, 3.8) is 0 Å². The summed E-state index contributed by atoms with van der Waals surface area (Å²) in [6, 6.07) is 3.90. The van der Waals surface area contributed by atoms with E-state index < -0.39 is 0 Å². The molecule has 1 saturated heterocycles. The average Bonchev–Trinajstić information content (AvgIpc) is 3.19. The Kier molecular flexibility index (Phi) is 9.85. The van der Waals surface area contributed by atoms with Gasteiger partial charge in [0.05, 0.1) is 19.4 Å². The van der Waals surface area contributed by atoms with E-state index in [1.54, 1.807) is 13.4 Å². The first-order chi connectivity index (χ1) is 13.6. The molecular formula is C20H35N5O3. The van der Waals surface area contributed by atoms with Crippen molar-refractivity contribution < 1.29 is 13.9 Å². The van der Waals surface area contributed by atoms with Gasteiger partial charge in [0, 0.05) is 59.3 Å². The van der Waals surface area contributed by atoms with Crippen molar-refractivity contribution in [2.75, 3.05) is 66.1 Å². The molecule has 28 heavy (non-hydrogen) atoms. The lowest BCUT2D eigenvalue weighted by Gasteiger charge is -2.36. The topological polar surface area (TPSA) is 82.3 Å². The zero-order valence-corrected chi connectivity index (χ0v) is 17.4. The normalized spacial score (nSPS) is 15.9. The number of hydrogen-bond donors (Lipinski definition) is 2. The molecule has 0 spiro atoms. The number of rotatable bonds is 10. The van der Waals surface area contributed by atoms with E-state index in [4.69, 9.17) is 14.1 Å². The van der Waals surface area contributed by atoms with Crippen molar-refractivity contribution in [2.24, 2.45) is 10.9 Å². The molecule has 8 heteroatoms. The van der Waals surface area contributed by atoms with Crippen LogP contribution in [0.15, 0.2) is 27.8 Å². The van der Waals surface area contributed by atoms with Gasteiger partial charge in [-0.25, -0.2) is 0 Å². The van der Waals surface area contributed by atoms with Gasteiger partial charge >= 0.3 is 0 Å². The van der Waals surface area contributed by atoms with Crippen LogP contribution in [-0.2, 0) is 16.0 Å². The number of amides is 1. The number of methoxy groups -OCH3 is 1. The molecule has 158 valence electrons. The van der Waals surface area contributed by atoms with E-state index in [1.165, 1.54) is 0 Å². The smallest absolute Gasteiger partial charge is 0.234 e. The Morgan fingerprint density at radius 3 is 2.68 bits per heavy atom. The molecule has 1 fully saturated rings. The van der Waals surface area contributed by atoms with Crippen LogP contribution in [-0.4, -0.2) is 87.7 Å². The van der Waals surface area contributed by atoms with E-state index in [1.807, 2.05) is 12.1 Å². The standard InChI is InChI=1S/C20H35N5O3/c1-17(2)15-23-20(22-7-6-18-5-4-13-28-18)25-11-9-24(10-12-25)16-19(26)21-8-14-27-3/h4-5,13,17H,6-12,14-16H2,1-3H3,(H,21,26)(H,22,23). The number of piperazine rings is 1. The molecule has 0 bridgehead atoms. The van der Waals surface area contributed by atoms with Gasteiger partial charge in [0.1, 0.15) is 5.76 Å². The Hall–Kier alpha value is -2.06. The van der Waals surface area contributed by atoms with Gasteiger partial charge in [-0.1, -0.05) is 13.8 Å². The van der Waals surface area contributed by atoms with E-state index in [9.17, 15) is 4.79 Å². The van der Waals surface area contributed by atoms with Gasteiger partial charge in [0.15, 0.2) is 5.96 Å². The van der Waals surface area contributed by atoms with E-state index in [2.05, 4.69) is 34.3 Å². The third-order valence-electron chi connectivity index (χ3n) is 4.51. The summed E-state index contributed by atoms with van der Waals surface area (Å²) in [5, 5.41) is 6.35. The summed E-state index contributed by atoms with van der Waals surface area (Å²) in [7, 11) is 1.63. The molecule has 0 atom stereocenters. The van der Waals surface area contributed by atoms with E-state index in [-0.39, 0.29) is 5.91 Å². The second kappa shape index (κ2) is 12.4. The predicted molar refractivity (Wildman–Crippen MR) is 110 cm³/mol. The molecule has 1 amide bonds. The summed E-state index contributed by atoms with van der Waals surface area (Å²) >= 11 is 0. The van der Waals surface area contributed by atoms with Gasteiger partial charge in [-0.15, -0.1) is 0 Å². The minimum absolute atomic E-state index is 0.0516. The maximum absolute atomic E-state index is 12.0. The Morgan fingerprint density at radius 2 is 2.04 bits per heavy atom. The highest BCUT2D eigenvalue weighted by molar-refractivity contribution is 5.80. The minimum Gasteiger partial charge on any atom is -0.469 e. The highest BCUT2D eigenvalue weighted by atomic mass is 16.5. The van der Waals surface area contributed by atoms with Crippen molar-refractivity contribution in [1.29, 1.82) is 0 Å². The van der Waals surface area contributed by atoms with Crippen LogP contribution in [0.2, 0.25) is 0 Å². The Morgan fingerprint density at radius 1 is 1.25 bits per heavy atom. The van der Waals surface area contributed by atoms with Crippen LogP contribution in [0.4, 0.5) is 0 Å².